The normalized spacial score (nSPS) is 28.1. The first-order chi connectivity index (χ1) is 8.00. The van der Waals surface area contributed by atoms with Crippen LogP contribution in [-0.2, 0) is 4.74 Å². The first kappa shape index (κ1) is 14.7. The van der Waals surface area contributed by atoms with Gasteiger partial charge in [-0.25, -0.2) is 0 Å². The molecule has 0 radical (unpaired) electrons. The van der Waals surface area contributed by atoms with Gasteiger partial charge in [0.25, 0.3) is 0 Å². The van der Waals surface area contributed by atoms with E-state index in [1.165, 1.54) is 0 Å². The first-order valence-electron chi connectivity index (χ1n) is 6.11. The van der Waals surface area contributed by atoms with Crippen molar-refractivity contribution in [3.05, 3.63) is 0 Å². The van der Waals surface area contributed by atoms with Crippen molar-refractivity contribution in [3.8, 4) is 0 Å². The summed E-state index contributed by atoms with van der Waals surface area (Å²) in [5.41, 5.74) is 2.48. The van der Waals surface area contributed by atoms with Crippen molar-refractivity contribution in [3.63, 3.8) is 0 Å². The Morgan fingerprint density at radius 2 is 2.00 bits per heavy atom. The van der Waals surface area contributed by atoms with Crippen molar-refractivity contribution in [1.29, 1.82) is 0 Å². The Bertz CT molecular complexity index is 223. The molecule has 0 aromatic heterocycles. The summed E-state index contributed by atoms with van der Waals surface area (Å²) in [6.45, 7) is 2.54. The summed E-state index contributed by atoms with van der Waals surface area (Å²) in [6.07, 6.45) is -1.88. The lowest BCUT2D eigenvalue weighted by atomic mass is 9.75. The molecule has 0 bridgehead atoms. The predicted molar refractivity (Wildman–Crippen MR) is 59.1 cm³/mol. The van der Waals surface area contributed by atoms with E-state index in [2.05, 4.69) is 5.43 Å². The van der Waals surface area contributed by atoms with Gasteiger partial charge in [-0.05, 0) is 25.7 Å². The predicted octanol–water partition coefficient (Wildman–Crippen LogP) is 2.22. The fourth-order valence-electron chi connectivity index (χ4n) is 2.59. The highest BCUT2D eigenvalue weighted by Gasteiger charge is 2.47. The van der Waals surface area contributed by atoms with Crippen LogP contribution in [0.4, 0.5) is 13.2 Å². The zero-order chi connectivity index (χ0) is 12.9. The smallest absolute Gasteiger partial charge is 0.380 e. The number of nitrogens with two attached hydrogens (primary N) is 1. The molecule has 1 fully saturated rings. The van der Waals surface area contributed by atoms with Gasteiger partial charge in [-0.15, -0.1) is 0 Å². The zero-order valence-corrected chi connectivity index (χ0v) is 10.1. The largest absolute Gasteiger partial charge is 0.392 e. The third-order valence-electron chi connectivity index (χ3n) is 3.47. The van der Waals surface area contributed by atoms with Crippen LogP contribution in [0.3, 0.4) is 0 Å². The minimum atomic E-state index is -4.13. The number of hydrazine groups is 1. The van der Waals surface area contributed by atoms with Crippen molar-refractivity contribution < 1.29 is 17.9 Å². The second kappa shape index (κ2) is 6.56. The van der Waals surface area contributed by atoms with Crippen LogP contribution in [0.5, 0.6) is 0 Å². The number of alkyl halides is 3. The second-order valence-electron chi connectivity index (χ2n) is 4.53. The van der Waals surface area contributed by atoms with Gasteiger partial charge in [-0.3, -0.25) is 11.3 Å². The van der Waals surface area contributed by atoms with E-state index in [-0.39, 0.29) is 13.0 Å². The van der Waals surface area contributed by atoms with Gasteiger partial charge in [0.1, 0.15) is 0 Å². The molecule has 3 unspecified atom stereocenters. The van der Waals surface area contributed by atoms with Crippen LogP contribution in [0.25, 0.3) is 0 Å². The lowest BCUT2D eigenvalue weighted by Crippen LogP contribution is -2.50. The van der Waals surface area contributed by atoms with Crippen LogP contribution < -0.4 is 11.3 Å². The Hall–Kier alpha value is -0.330. The Morgan fingerprint density at radius 1 is 1.35 bits per heavy atom. The fourth-order valence-corrected chi connectivity index (χ4v) is 2.59. The van der Waals surface area contributed by atoms with Crippen LogP contribution in [0.1, 0.15) is 32.6 Å². The Labute approximate surface area is 99.9 Å². The number of nitrogens with one attached hydrogen (secondary N) is 1. The molecule has 6 heteroatoms. The Kier molecular flexibility index (Phi) is 5.69. The average Bonchev–Trinajstić information content (AvgIpc) is 2.29. The topological polar surface area (TPSA) is 47.3 Å². The van der Waals surface area contributed by atoms with Crippen molar-refractivity contribution in [2.75, 3.05) is 13.2 Å². The molecule has 1 saturated carbocycles. The first-order valence-corrected chi connectivity index (χ1v) is 6.11. The molecule has 0 aromatic carbocycles. The van der Waals surface area contributed by atoms with Crippen LogP contribution >= 0.6 is 0 Å². The number of rotatable bonds is 5. The van der Waals surface area contributed by atoms with Crippen molar-refractivity contribution >= 4 is 0 Å². The highest BCUT2D eigenvalue weighted by atomic mass is 19.4. The summed E-state index contributed by atoms with van der Waals surface area (Å²) in [4.78, 5) is 0. The number of hydrogen-bond acceptors (Lipinski definition) is 3. The van der Waals surface area contributed by atoms with Crippen LogP contribution in [0, 0.1) is 11.8 Å². The number of halogens is 3. The standard InChI is InChI=1S/C11H21F3N2O/c1-2-17-7-10(16-15)8-5-3-4-6-9(8)11(12,13)14/h8-10,16H,2-7,15H2,1H3. The zero-order valence-electron chi connectivity index (χ0n) is 10.1. The molecule has 102 valence electrons. The van der Waals surface area contributed by atoms with Gasteiger partial charge in [0.2, 0.25) is 0 Å². The minimum absolute atomic E-state index is 0.207. The molecule has 1 aliphatic carbocycles. The summed E-state index contributed by atoms with van der Waals surface area (Å²) < 4.78 is 43.9. The van der Waals surface area contributed by atoms with Crippen LogP contribution in [0.2, 0.25) is 0 Å². The minimum Gasteiger partial charge on any atom is -0.380 e. The van der Waals surface area contributed by atoms with E-state index >= 15 is 0 Å². The monoisotopic (exact) mass is 254 g/mol. The van der Waals surface area contributed by atoms with E-state index in [1.807, 2.05) is 6.92 Å². The fraction of sp³-hybridized carbons (Fsp3) is 1.00. The van der Waals surface area contributed by atoms with E-state index in [0.29, 0.717) is 19.4 Å². The van der Waals surface area contributed by atoms with Gasteiger partial charge in [0, 0.05) is 12.6 Å². The van der Waals surface area contributed by atoms with Gasteiger partial charge in [-0.1, -0.05) is 12.8 Å². The molecule has 0 aliphatic heterocycles. The van der Waals surface area contributed by atoms with E-state index in [4.69, 9.17) is 10.6 Å². The maximum Gasteiger partial charge on any atom is 0.392 e. The summed E-state index contributed by atoms with van der Waals surface area (Å²) >= 11 is 0. The summed E-state index contributed by atoms with van der Waals surface area (Å²) in [5, 5.41) is 0. The molecule has 0 amide bonds. The van der Waals surface area contributed by atoms with Crippen LogP contribution in [0.15, 0.2) is 0 Å². The highest BCUT2D eigenvalue weighted by molar-refractivity contribution is 4.87. The van der Waals surface area contributed by atoms with E-state index in [9.17, 15) is 13.2 Å². The molecule has 3 nitrogen and oxygen atoms in total. The third-order valence-corrected chi connectivity index (χ3v) is 3.47. The van der Waals surface area contributed by atoms with Gasteiger partial charge >= 0.3 is 6.18 Å². The average molecular weight is 254 g/mol. The van der Waals surface area contributed by atoms with Gasteiger partial charge in [0.05, 0.1) is 12.5 Å². The Balaban J connectivity index is 2.68. The molecule has 0 saturated heterocycles. The molecular formula is C11H21F3N2O. The number of ether oxygens (including phenoxy) is 1. The van der Waals surface area contributed by atoms with Crippen LogP contribution in [-0.4, -0.2) is 25.4 Å². The summed E-state index contributed by atoms with van der Waals surface area (Å²) in [5.74, 6) is 3.63. The maximum atomic E-state index is 12.9. The summed E-state index contributed by atoms with van der Waals surface area (Å²) in [6, 6.07) is -0.415. The molecule has 17 heavy (non-hydrogen) atoms. The molecule has 0 heterocycles. The summed E-state index contributed by atoms with van der Waals surface area (Å²) in [7, 11) is 0. The Morgan fingerprint density at radius 3 is 2.53 bits per heavy atom. The van der Waals surface area contributed by atoms with E-state index < -0.39 is 24.1 Å². The van der Waals surface area contributed by atoms with Crippen molar-refractivity contribution in [2.24, 2.45) is 17.7 Å². The molecule has 0 aromatic rings. The maximum absolute atomic E-state index is 12.9. The van der Waals surface area contributed by atoms with Crippen molar-refractivity contribution in [2.45, 2.75) is 44.8 Å². The molecule has 0 spiro atoms. The van der Waals surface area contributed by atoms with Gasteiger partial charge in [-0.2, -0.15) is 13.2 Å². The third kappa shape index (κ3) is 4.12. The number of hydrogen-bond donors (Lipinski definition) is 2. The molecule has 1 rings (SSSR count). The lowest BCUT2D eigenvalue weighted by molar-refractivity contribution is -0.200. The van der Waals surface area contributed by atoms with Crippen molar-refractivity contribution in [1.82, 2.24) is 5.43 Å². The highest BCUT2D eigenvalue weighted by Crippen LogP contribution is 2.42. The SMILES string of the molecule is CCOCC(NN)C1CCCCC1C(F)(F)F. The van der Waals surface area contributed by atoms with E-state index in [1.54, 1.807) is 0 Å². The van der Waals surface area contributed by atoms with E-state index in [0.717, 1.165) is 6.42 Å². The lowest BCUT2D eigenvalue weighted by Gasteiger charge is -2.37. The molecule has 3 atom stereocenters. The molecular weight excluding hydrogens is 233 g/mol. The van der Waals surface area contributed by atoms with Gasteiger partial charge < -0.3 is 4.74 Å². The van der Waals surface area contributed by atoms with Gasteiger partial charge in [0.15, 0.2) is 0 Å². The molecule has 3 N–H and O–H groups in total. The second-order valence-corrected chi connectivity index (χ2v) is 4.53. The molecule has 1 aliphatic rings. The quantitative estimate of drug-likeness (QED) is 0.584.